The van der Waals surface area contributed by atoms with Gasteiger partial charge in [-0.1, -0.05) is 140 Å². The number of carbonyl (C=O) groups excluding carboxylic acids is 7. The number of nitrogens with zero attached hydrogens (tertiary/aromatic N) is 4. The van der Waals surface area contributed by atoms with Gasteiger partial charge in [0.05, 0.1) is 5.92 Å². The lowest BCUT2D eigenvalue weighted by Crippen LogP contribution is -2.54. The van der Waals surface area contributed by atoms with E-state index in [9.17, 15) is 24.0 Å². The van der Waals surface area contributed by atoms with E-state index in [2.05, 4.69) is 134 Å². The van der Waals surface area contributed by atoms with Crippen molar-refractivity contribution in [1.29, 1.82) is 0 Å². The maximum atomic E-state index is 15.1. The third kappa shape index (κ3) is 7.61. The molecule has 8 aliphatic carbocycles. The molecule has 0 bridgehead atoms. The highest BCUT2D eigenvalue weighted by molar-refractivity contribution is 7.28. The van der Waals surface area contributed by atoms with Crippen LogP contribution in [0, 0.1) is 11.8 Å². The number of benzene rings is 7. The van der Waals surface area contributed by atoms with E-state index in [0.29, 0.717) is 44.6 Å². The molecule has 12 aliphatic rings. The lowest BCUT2D eigenvalue weighted by Gasteiger charge is -2.44. The second-order valence-corrected chi connectivity index (χ2v) is 32.4. The van der Waals surface area contributed by atoms with E-state index in [4.69, 9.17) is 0 Å². The zero-order chi connectivity index (χ0) is 71.0. The molecule has 0 saturated carbocycles. The van der Waals surface area contributed by atoms with Gasteiger partial charge < -0.3 is 4.90 Å². The van der Waals surface area contributed by atoms with Crippen LogP contribution in [-0.4, -0.2) is 85.1 Å². The van der Waals surface area contributed by atoms with E-state index in [1.165, 1.54) is 14.7 Å². The van der Waals surface area contributed by atoms with E-state index >= 15 is 9.59 Å². The summed E-state index contributed by atoms with van der Waals surface area (Å²) in [4.78, 5) is 109. The van der Waals surface area contributed by atoms with E-state index in [0.717, 1.165) is 156 Å². The molecule has 0 saturated heterocycles. The fourth-order valence-corrected chi connectivity index (χ4v) is 22.2. The Labute approximate surface area is 605 Å². The Morgan fingerprint density at radius 3 is 1.51 bits per heavy atom. The van der Waals surface area contributed by atoms with E-state index in [1.807, 2.05) is 115 Å². The number of thiophene rings is 2. The third-order valence-electron chi connectivity index (χ3n) is 23.8. The van der Waals surface area contributed by atoms with Gasteiger partial charge in [-0.3, -0.25) is 48.3 Å². The zero-order valence-electron chi connectivity index (χ0n) is 58.1. The van der Waals surface area contributed by atoms with Crippen molar-refractivity contribution in [3.8, 4) is 22.3 Å². The molecule has 4 atom stereocenters. The van der Waals surface area contributed by atoms with Crippen molar-refractivity contribution in [1.82, 2.24) is 19.6 Å². The minimum absolute atomic E-state index is 0.0680. The summed E-state index contributed by atoms with van der Waals surface area (Å²) in [5.74, 6) is -3.76. The number of amides is 7. The predicted octanol–water partition coefficient (Wildman–Crippen LogP) is 14.8. The van der Waals surface area contributed by atoms with Gasteiger partial charge in [-0.05, 0) is 214 Å². The Hall–Kier alpha value is -11.5. The van der Waals surface area contributed by atoms with Crippen LogP contribution in [0.3, 0.4) is 0 Å². The van der Waals surface area contributed by atoms with Crippen molar-refractivity contribution >= 4 is 138 Å². The first-order chi connectivity index (χ1) is 50.3. The van der Waals surface area contributed by atoms with Crippen LogP contribution in [0.5, 0.6) is 0 Å². The van der Waals surface area contributed by atoms with Crippen LogP contribution in [0.25, 0.3) is 96.0 Å². The second-order valence-electron chi connectivity index (χ2n) is 30.3. The molecule has 0 spiro atoms. The molecular formula is C91H64N4O7S2. The normalized spacial score (nSPS) is 21.6. The summed E-state index contributed by atoms with van der Waals surface area (Å²) in [6.07, 6.45) is 20.2. The van der Waals surface area contributed by atoms with Crippen molar-refractivity contribution in [2.24, 2.45) is 11.8 Å². The average Bonchev–Trinajstić information content (AvgIpc) is 0.855. The fourth-order valence-electron chi connectivity index (χ4n) is 19.6. The van der Waals surface area contributed by atoms with E-state index < -0.39 is 17.8 Å². The van der Waals surface area contributed by atoms with Gasteiger partial charge >= 0.3 is 0 Å². The van der Waals surface area contributed by atoms with Crippen molar-refractivity contribution in [2.45, 2.75) is 91.4 Å². The summed E-state index contributed by atoms with van der Waals surface area (Å²) in [6.45, 7) is 19.8. The molecule has 21 rings (SSSR count). The second kappa shape index (κ2) is 21.1. The van der Waals surface area contributed by atoms with Crippen LogP contribution in [0.1, 0.15) is 110 Å². The van der Waals surface area contributed by atoms with Gasteiger partial charge in [0.2, 0.25) is 5.91 Å². The first-order valence-electron chi connectivity index (χ1n) is 35.9. The molecule has 9 aromatic rings. The van der Waals surface area contributed by atoms with E-state index in [-0.39, 0.29) is 71.4 Å². The standard InChI is InChI=1S/C91H64N4O7S2/c1-40(2)92-44(9)49-26-27-50-52-29-34-61-77-65(90(101)94(42(5)6)88(61)99)38-63(74(79(52)77)56-31-36-58(85(92)96)71(49)72(50)56)45-18-22-47(23-19-45)69-81-54-14-10-12-16-67(54)104-84(81)70(82-55-15-11-13-17-68(55)103-83(69)82)48-24-20-46(21-25-48)64-39-66-78-62(89(100)95(43(7)8)91(66)102)35-30-53-51-28-33-59-76-60(87(98)93(41(3)4)86(59)97)37-32-57(73(51)76)75(64)80(53)78/h10-43,49,66,73,79H,9H2,1-8H3. The minimum Gasteiger partial charge on any atom is -0.309 e. The number of imide groups is 3. The molecule has 2 aromatic heterocycles. The molecule has 0 radical (unpaired) electrons. The Morgan fingerprint density at radius 1 is 0.413 bits per heavy atom. The van der Waals surface area contributed by atoms with Crippen LogP contribution in [0.4, 0.5) is 0 Å². The molecule has 4 unspecified atom stereocenters. The van der Waals surface area contributed by atoms with E-state index in [1.54, 1.807) is 22.7 Å². The van der Waals surface area contributed by atoms with Crippen molar-refractivity contribution in [3.05, 3.63) is 293 Å². The van der Waals surface area contributed by atoms with Gasteiger partial charge in [0, 0.05) is 133 Å². The zero-order valence-corrected chi connectivity index (χ0v) is 59.7. The SMILES string of the molecule is C=C1C2C=CC3=c4c2c(ccc4=C2C(c4ccc(-c5c6sc7ccccc7c6c(-c6ccc(C7=CC8C(=O)N(C(C)C)C(=O)c9ccc%10c(c98)=C7C7=CC=C8C(=O)N(C(C)C)C(=O)C9=C8C7C=%10C=C9)cc6)c6sc7ccccc7c56)cc4)=CC4=C5C(=CC=C3C52)C(=O)N(C(C)C)C4=O)C(=O)N1C(C)C. The third-order valence-corrected chi connectivity index (χ3v) is 26.1. The van der Waals surface area contributed by atoms with Gasteiger partial charge in [-0.2, -0.15) is 0 Å². The summed E-state index contributed by atoms with van der Waals surface area (Å²) in [7, 11) is 0. The maximum Gasteiger partial charge on any atom is 0.261 e. The van der Waals surface area contributed by atoms with Crippen LogP contribution in [-0.2, 0) is 24.0 Å². The lowest BCUT2D eigenvalue weighted by atomic mass is 9.62. The number of hydrogen-bond acceptors (Lipinski definition) is 9. The van der Waals surface area contributed by atoms with Crippen LogP contribution < -0.4 is 20.9 Å². The lowest BCUT2D eigenvalue weighted by molar-refractivity contribution is -0.144. The smallest absolute Gasteiger partial charge is 0.261 e. The van der Waals surface area contributed by atoms with Gasteiger partial charge in [0.25, 0.3) is 35.4 Å². The monoisotopic (exact) mass is 1390 g/mol. The average molecular weight is 1390 g/mol. The van der Waals surface area contributed by atoms with Gasteiger partial charge in [-0.25, -0.2) is 0 Å². The minimum atomic E-state index is -0.760. The summed E-state index contributed by atoms with van der Waals surface area (Å²) in [5.41, 5.74) is 20.5. The van der Waals surface area contributed by atoms with Gasteiger partial charge in [-0.15, -0.1) is 22.7 Å². The highest BCUT2D eigenvalue weighted by Crippen LogP contribution is 2.59. The molecule has 502 valence electrons. The number of fused-ring (bicyclic) bond motifs is 8. The molecule has 6 heterocycles. The summed E-state index contributed by atoms with van der Waals surface area (Å²) >= 11 is 3.58. The predicted molar refractivity (Wildman–Crippen MR) is 412 cm³/mol. The van der Waals surface area contributed by atoms with Gasteiger partial charge in [0.1, 0.15) is 0 Å². The number of hydrogen-bond donors (Lipinski definition) is 0. The van der Waals surface area contributed by atoms with Gasteiger partial charge in [0.15, 0.2) is 0 Å². The molecule has 104 heavy (non-hydrogen) atoms. The maximum absolute atomic E-state index is 15.1. The molecule has 4 aliphatic heterocycles. The number of allylic oxidation sites excluding steroid dienone is 11. The molecule has 0 N–H and O–H groups in total. The van der Waals surface area contributed by atoms with Crippen molar-refractivity contribution in [2.75, 3.05) is 0 Å². The summed E-state index contributed by atoms with van der Waals surface area (Å²) in [5, 5.41) is 8.25. The first kappa shape index (κ1) is 61.2. The Bertz CT molecular complexity index is 6540. The molecule has 0 fully saturated rings. The summed E-state index contributed by atoms with van der Waals surface area (Å²) in [6, 6.07) is 41.7. The van der Waals surface area contributed by atoms with Crippen molar-refractivity contribution < 1.29 is 33.6 Å². The first-order valence-corrected chi connectivity index (χ1v) is 37.6. The Kier molecular flexibility index (Phi) is 12.4. The molecule has 11 nitrogen and oxygen atoms in total. The van der Waals surface area contributed by atoms with Crippen LogP contribution >= 0.6 is 22.7 Å². The topological polar surface area (TPSA) is 132 Å². The largest absolute Gasteiger partial charge is 0.309 e. The highest BCUT2D eigenvalue weighted by Gasteiger charge is 2.52. The Balaban J connectivity index is 0.753. The van der Waals surface area contributed by atoms with Crippen LogP contribution in [0.15, 0.2) is 239 Å². The number of carbonyl (C=O) groups is 7. The molecule has 13 heteroatoms. The highest BCUT2D eigenvalue weighted by atomic mass is 32.1. The molecule has 7 aromatic carbocycles. The quantitative estimate of drug-likeness (QED) is 0.138. The van der Waals surface area contributed by atoms with Crippen LogP contribution in [0.2, 0.25) is 0 Å². The number of rotatable bonds is 8. The summed E-state index contributed by atoms with van der Waals surface area (Å²) < 4.78 is 4.57. The van der Waals surface area contributed by atoms with Crippen molar-refractivity contribution in [3.63, 3.8) is 0 Å². The Morgan fingerprint density at radius 2 is 0.923 bits per heavy atom. The fraction of sp³-hybridized carbons (Fsp3) is 0.176. The molecule has 7 amide bonds. The molecular weight excluding hydrogens is 1330 g/mol.